The van der Waals surface area contributed by atoms with E-state index in [1.807, 2.05) is 0 Å². The standard InChI is InChI=1S/C12H18N2O3S/c1-14(10-7-8-13-9-10)18(15,16)12-5-3-11(17-2)4-6-12/h3-6,10,13H,7-9H2,1-2H3. The summed E-state index contributed by atoms with van der Waals surface area (Å²) in [5, 5.41) is 3.17. The number of hydrogen-bond donors (Lipinski definition) is 1. The Morgan fingerprint density at radius 2 is 2.00 bits per heavy atom. The van der Waals surface area contributed by atoms with E-state index in [4.69, 9.17) is 4.74 Å². The normalized spacial score (nSPS) is 20.3. The number of rotatable bonds is 4. The average molecular weight is 270 g/mol. The maximum absolute atomic E-state index is 12.4. The van der Waals surface area contributed by atoms with E-state index in [1.54, 1.807) is 38.4 Å². The van der Waals surface area contributed by atoms with E-state index in [9.17, 15) is 8.42 Å². The van der Waals surface area contributed by atoms with E-state index in [2.05, 4.69) is 5.32 Å². The van der Waals surface area contributed by atoms with Crippen molar-refractivity contribution in [2.45, 2.75) is 17.4 Å². The number of nitrogens with zero attached hydrogens (tertiary/aromatic N) is 1. The lowest BCUT2D eigenvalue weighted by molar-refractivity contribution is 0.387. The second-order valence-corrected chi connectivity index (χ2v) is 6.34. The molecule has 1 aliphatic heterocycles. The minimum atomic E-state index is -3.41. The first-order chi connectivity index (χ1) is 8.55. The summed E-state index contributed by atoms with van der Waals surface area (Å²) >= 11 is 0. The minimum Gasteiger partial charge on any atom is -0.497 e. The summed E-state index contributed by atoms with van der Waals surface area (Å²) in [6, 6.07) is 6.51. The second-order valence-electron chi connectivity index (χ2n) is 4.34. The summed E-state index contributed by atoms with van der Waals surface area (Å²) in [5.41, 5.74) is 0. The van der Waals surface area contributed by atoms with Gasteiger partial charge in [0, 0.05) is 19.6 Å². The molecule has 0 aromatic heterocycles. The lowest BCUT2D eigenvalue weighted by Crippen LogP contribution is -2.38. The third-order valence-electron chi connectivity index (χ3n) is 3.28. The van der Waals surface area contributed by atoms with Crippen LogP contribution in [0.3, 0.4) is 0 Å². The second kappa shape index (κ2) is 5.26. The number of ether oxygens (including phenoxy) is 1. The van der Waals surface area contributed by atoms with Crippen molar-refractivity contribution in [2.75, 3.05) is 27.2 Å². The molecule has 1 fully saturated rings. The van der Waals surface area contributed by atoms with Crippen LogP contribution in [-0.4, -0.2) is 46.0 Å². The molecule has 18 heavy (non-hydrogen) atoms. The highest BCUT2D eigenvalue weighted by Crippen LogP contribution is 2.21. The van der Waals surface area contributed by atoms with Gasteiger partial charge in [-0.25, -0.2) is 8.42 Å². The summed E-state index contributed by atoms with van der Waals surface area (Å²) < 4.78 is 31.2. The Hall–Kier alpha value is -1.11. The summed E-state index contributed by atoms with van der Waals surface area (Å²) in [6.45, 7) is 1.58. The Bertz CT molecular complexity index is 493. The Morgan fingerprint density at radius 3 is 2.50 bits per heavy atom. The number of sulfonamides is 1. The maximum atomic E-state index is 12.4. The van der Waals surface area contributed by atoms with Crippen LogP contribution in [0.25, 0.3) is 0 Å². The van der Waals surface area contributed by atoms with Crippen molar-refractivity contribution in [1.82, 2.24) is 9.62 Å². The molecule has 0 amide bonds. The number of nitrogens with one attached hydrogen (secondary N) is 1. The molecular formula is C12H18N2O3S. The van der Waals surface area contributed by atoms with Crippen molar-refractivity contribution in [2.24, 2.45) is 0 Å². The van der Waals surface area contributed by atoms with Gasteiger partial charge in [-0.05, 0) is 37.2 Å². The molecular weight excluding hydrogens is 252 g/mol. The molecule has 0 radical (unpaired) electrons. The number of benzene rings is 1. The summed E-state index contributed by atoms with van der Waals surface area (Å²) in [7, 11) is -0.218. The van der Waals surface area contributed by atoms with Crippen molar-refractivity contribution in [1.29, 1.82) is 0 Å². The third-order valence-corrected chi connectivity index (χ3v) is 5.21. The topological polar surface area (TPSA) is 58.6 Å². The molecule has 0 bridgehead atoms. The fourth-order valence-corrected chi connectivity index (χ4v) is 3.44. The molecule has 0 saturated carbocycles. The highest BCUT2D eigenvalue weighted by atomic mass is 32.2. The SMILES string of the molecule is COc1ccc(S(=O)(=O)N(C)C2CCNC2)cc1. The van der Waals surface area contributed by atoms with E-state index in [-0.39, 0.29) is 6.04 Å². The van der Waals surface area contributed by atoms with Gasteiger partial charge in [-0.3, -0.25) is 0 Å². The van der Waals surface area contributed by atoms with Gasteiger partial charge in [-0.1, -0.05) is 0 Å². The average Bonchev–Trinajstić information content (AvgIpc) is 2.91. The quantitative estimate of drug-likeness (QED) is 0.874. The van der Waals surface area contributed by atoms with Crippen LogP contribution in [0.15, 0.2) is 29.2 Å². The summed E-state index contributed by atoms with van der Waals surface area (Å²) in [5.74, 6) is 0.652. The van der Waals surface area contributed by atoms with Crippen molar-refractivity contribution in [3.8, 4) is 5.75 Å². The fraction of sp³-hybridized carbons (Fsp3) is 0.500. The highest BCUT2D eigenvalue weighted by Gasteiger charge is 2.29. The van der Waals surface area contributed by atoms with Crippen molar-refractivity contribution >= 4 is 10.0 Å². The third kappa shape index (κ3) is 2.50. The van der Waals surface area contributed by atoms with Crippen molar-refractivity contribution < 1.29 is 13.2 Å². The molecule has 1 atom stereocenters. The summed E-state index contributed by atoms with van der Waals surface area (Å²) in [4.78, 5) is 0.303. The van der Waals surface area contributed by atoms with Gasteiger partial charge in [0.05, 0.1) is 12.0 Å². The van der Waals surface area contributed by atoms with E-state index in [0.29, 0.717) is 17.2 Å². The molecule has 100 valence electrons. The Morgan fingerprint density at radius 1 is 1.33 bits per heavy atom. The van der Waals surface area contributed by atoms with Gasteiger partial charge < -0.3 is 10.1 Å². The highest BCUT2D eigenvalue weighted by molar-refractivity contribution is 7.89. The zero-order valence-corrected chi connectivity index (χ0v) is 11.4. The van der Waals surface area contributed by atoms with Gasteiger partial charge in [-0.15, -0.1) is 0 Å². The van der Waals surface area contributed by atoms with Gasteiger partial charge in [0.15, 0.2) is 0 Å². The molecule has 1 unspecified atom stereocenters. The van der Waals surface area contributed by atoms with Gasteiger partial charge >= 0.3 is 0 Å². The molecule has 1 aromatic carbocycles. The first kappa shape index (κ1) is 13.3. The van der Waals surface area contributed by atoms with E-state index in [0.717, 1.165) is 13.0 Å². The Labute approximate surface area is 108 Å². The van der Waals surface area contributed by atoms with Gasteiger partial charge in [0.1, 0.15) is 5.75 Å². The molecule has 1 heterocycles. The molecule has 5 nitrogen and oxygen atoms in total. The van der Waals surface area contributed by atoms with Crippen molar-refractivity contribution in [3.05, 3.63) is 24.3 Å². The van der Waals surface area contributed by atoms with Gasteiger partial charge in [0.2, 0.25) is 10.0 Å². The fourth-order valence-electron chi connectivity index (χ4n) is 2.06. The largest absolute Gasteiger partial charge is 0.497 e. The van der Waals surface area contributed by atoms with E-state index in [1.165, 1.54) is 4.31 Å². The molecule has 0 spiro atoms. The van der Waals surface area contributed by atoms with Crippen LogP contribution in [0.4, 0.5) is 0 Å². The first-order valence-electron chi connectivity index (χ1n) is 5.88. The zero-order chi connectivity index (χ0) is 13.2. The van der Waals surface area contributed by atoms with Crippen LogP contribution in [0, 0.1) is 0 Å². The molecule has 1 N–H and O–H groups in total. The molecule has 0 aliphatic carbocycles. The number of likely N-dealkylation sites (N-methyl/N-ethyl adjacent to an activating group) is 1. The molecule has 1 saturated heterocycles. The van der Waals surface area contributed by atoms with Crippen LogP contribution < -0.4 is 10.1 Å². The lowest BCUT2D eigenvalue weighted by Gasteiger charge is -2.23. The molecule has 1 aliphatic rings. The zero-order valence-electron chi connectivity index (χ0n) is 10.6. The maximum Gasteiger partial charge on any atom is 0.243 e. The van der Waals surface area contributed by atoms with Crippen LogP contribution in [0.1, 0.15) is 6.42 Å². The molecule has 6 heteroatoms. The van der Waals surface area contributed by atoms with Crippen molar-refractivity contribution in [3.63, 3.8) is 0 Å². The smallest absolute Gasteiger partial charge is 0.243 e. The summed E-state index contributed by atoms with van der Waals surface area (Å²) in [6.07, 6.45) is 0.853. The van der Waals surface area contributed by atoms with Gasteiger partial charge in [-0.2, -0.15) is 4.31 Å². The van der Waals surface area contributed by atoms with E-state index >= 15 is 0 Å². The van der Waals surface area contributed by atoms with Crippen LogP contribution in [0.2, 0.25) is 0 Å². The Kier molecular flexibility index (Phi) is 3.89. The Balaban J connectivity index is 2.23. The number of methoxy groups -OCH3 is 1. The lowest BCUT2D eigenvalue weighted by atomic mass is 10.3. The number of hydrogen-bond acceptors (Lipinski definition) is 4. The van der Waals surface area contributed by atoms with E-state index < -0.39 is 10.0 Å². The van der Waals surface area contributed by atoms with Gasteiger partial charge in [0.25, 0.3) is 0 Å². The molecule has 1 aromatic rings. The predicted molar refractivity (Wildman–Crippen MR) is 69.2 cm³/mol. The van der Waals surface area contributed by atoms with Crippen LogP contribution >= 0.6 is 0 Å². The molecule has 2 rings (SSSR count). The predicted octanol–water partition coefficient (Wildman–Crippen LogP) is 0.678. The minimum absolute atomic E-state index is 0.0390. The first-order valence-corrected chi connectivity index (χ1v) is 7.32. The van der Waals surface area contributed by atoms with Crippen LogP contribution in [-0.2, 0) is 10.0 Å². The monoisotopic (exact) mass is 270 g/mol. The van der Waals surface area contributed by atoms with Crippen LogP contribution in [0.5, 0.6) is 5.75 Å².